The average Bonchev–Trinajstić information content (AvgIpc) is 3.26. The molecule has 1 aliphatic heterocycles. The molecule has 4 rings (SSSR count). The van der Waals surface area contributed by atoms with E-state index < -0.39 is 0 Å². The number of piperidine rings is 1. The first-order chi connectivity index (χ1) is 10.4. The molecule has 2 N–H and O–H groups in total. The minimum absolute atomic E-state index is 0.434. The first kappa shape index (κ1) is 13.8. The Hall–Kier alpha value is -0.860. The van der Waals surface area contributed by atoms with E-state index in [2.05, 4.69) is 29.2 Å². The smallest absolute Gasteiger partial charge is 0.0473 e. The zero-order valence-electron chi connectivity index (χ0n) is 13.0. The molecular formula is C19H28N2. The van der Waals surface area contributed by atoms with Crippen molar-refractivity contribution in [2.24, 2.45) is 11.7 Å². The van der Waals surface area contributed by atoms with Crippen LogP contribution in [0.15, 0.2) is 24.3 Å². The maximum absolute atomic E-state index is 6.19. The van der Waals surface area contributed by atoms with Gasteiger partial charge >= 0.3 is 0 Å². The zero-order valence-corrected chi connectivity index (χ0v) is 13.0. The number of rotatable bonds is 4. The summed E-state index contributed by atoms with van der Waals surface area (Å²) >= 11 is 0. The average molecular weight is 284 g/mol. The number of hydrogen-bond donors (Lipinski definition) is 1. The summed E-state index contributed by atoms with van der Waals surface area (Å²) in [7, 11) is 0. The van der Waals surface area contributed by atoms with Crippen molar-refractivity contribution in [3.63, 3.8) is 0 Å². The van der Waals surface area contributed by atoms with E-state index in [1.807, 2.05) is 0 Å². The van der Waals surface area contributed by atoms with E-state index in [-0.39, 0.29) is 0 Å². The molecule has 3 atom stereocenters. The fourth-order valence-electron chi connectivity index (χ4n) is 4.75. The Kier molecular flexibility index (Phi) is 3.76. The second-order valence-corrected chi connectivity index (χ2v) is 7.33. The summed E-state index contributed by atoms with van der Waals surface area (Å²) in [5.74, 6) is 1.79. The minimum atomic E-state index is 0.434. The summed E-state index contributed by atoms with van der Waals surface area (Å²) in [6, 6.07) is 10.6. The fraction of sp³-hybridized carbons (Fsp3) is 0.684. The van der Waals surface area contributed by atoms with Crippen LogP contribution in [0.1, 0.15) is 68.0 Å². The van der Waals surface area contributed by atoms with E-state index in [1.165, 1.54) is 62.6 Å². The van der Waals surface area contributed by atoms with Crippen LogP contribution in [0, 0.1) is 5.92 Å². The minimum Gasteiger partial charge on any atom is -0.329 e. The van der Waals surface area contributed by atoms with E-state index in [0.717, 1.165) is 24.4 Å². The summed E-state index contributed by atoms with van der Waals surface area (Å²) in [6.07, 6.45) is 9.83. The summed E-state index contributed by atoms with van der Waals surface area (Å²) in [4.78, 5) is 2.74. The summed E-state index contributed by atoms with van der Waals surface area (Å²) < 4.78 is 0. The molecule has 114 valence electrons. The van der Waals surface area contributed by atoms with Crippen molar-refractivity contribution >= 4 is 0 Å². The number of likely N-dealkylation sites (tertiary alicyclic amines) is 1. The molecule has 0 bridgehead atoms. The van der Waals surface area contributed by atoms with Crippen LogP contribution in [0.5, 0.6) is 0 Å². The maximum atomic E-state index is 6.19. The predicted molar refractivity (Wildman–Crippen MR) is 87.3 cm³/mol. The van der Waals surface area contributed by atoms with Crippen LogP contribution in [0.3, 0.4) is 0 Å². The molecule has 2 aliphatic carbocycles. The van der Waals surface area contributed by atoms with Gasteiger partial charge in [-0.2, -0.15) is 0 Å². The highest BCUT2D eigenvalue weighted by Gasteiger charge is 2.38. The summed E-state index contributed by atoms with van der Waals surface area (Å²) in [5.41, 5.74) is 9.16. The molecule has 21 heavy (non-hydrogen) atoms. The van der Waals surface area contributed by atoms with Crippen molar-refractivity contribution in [1.29, 1.82) is 0 Å². The topological polar surface area (TPSA) is 29.3 Å². The Morgan fingerprint density at radius 2 is 1.76 bits per heavy atom. The van der Waals surface area contributed by atoms with Gasteiger partial charge in [-0.05, 0) is 68.0 Å². The van der Waals surface area contributed by atoms with Gasteiger partial charge in [0.15, 0.2) is 0 Å². The van der Waals surface area contributed by atoms with Crippen molar-refractivity contribution in [2.45, 2.75) is 62.9 Å². The van der Waals surface area contributed by atoms with Crippen LogP contribution < -0.4 is 5.73 Å². The van der Waals surface area contributed by atoms with Crippen molar-refractivity contribution in [3.8, 4) is 0 Å². The SMILES string of the molecule is NCC(c1ccc(C2CC2)cc1)N1CCCC2CCCC21. The maximum Gasteiger partial charge on any atom is 0.0473 e. The van der Waals surface area contributed by atoms with E-state index >= 15 is 0 Å². The molecule has 3 fully saturated rings. The molecule has 1 aromatic carbocycles. The molecule has 2 saturated carbocycles. The molecule has 3 aliphatic rings. The van der Waals surface area contributed by atoms with Crippen LogP contribution in [0.2, 0.25) is 0 Å². The Balaban J connectivity index is 1.55. The molecule has 1 heterocycles. The van der Waals surface area contributed by atoms with E-state index in [1.54, 1.807) is 0 Å². The van der Waals surface area contributed by atoms with Gasteiger partial charge in [-0.1, -0.05) is 30.7 Å². The first-order valence-electron chi connectivity index (χ1n) is 8.92. The third-order valence-corrected chi connectivity index (χ3v) is 6.03. The molecule has 1 aromatic rings. The van der Waals surface area contributed by atoms with E-state index in [9.17, 15) is 0 Å². The highest BCUT2D eigenvalue weighted by molar-refractivity contribution is 5.30. The molecule has 0 amide bonds. The molecule has 0 radical (unpaired) electrons. The third kappa shape index (κ3) is 2.64. The molecule has 2 heteroatoms. The Morgan fingerprint density at radius 3 is 2.48 bits per heavy atom. The molecule has 1 saturated heterocycles. The van der Waals surface area contributed by atoms with Crippen LogP contribution >= 0.6 is 0 Å². The lowest BCUT2D eigenvalue weighted by Gasteiger charge is -2.42. The lowest BCUT2D eigenvalue weighted by Crippen LogP contribution is -2.46. The largest absolute Gasteiger partial charge is 0.329 e. The van der Waals surface area contributed by atoms with Crippen molar-refractivity contribution in [1.82, 2.24) is 4.90 Å². The summed E-state index contributed by atoms with van der Waals surface area (Å²) in [5, 5.41) is 0. The number of benzene rings is 1. The number of nitrogens with zero attached hydrogens (tertiary/aromatic N) is 1. The zero-order chi connectivity index (χ0) is 14.2. The van der Waals surface area contributed by atoms with Crippen molar-refractivity contribution in [3.05, 3.63) is 35.4 Å². The molecule has 0 aromatic heterocycles. The van der Waals surface area contributed by atoms with Crippen molar-refractivity contribution in [2.75, 3.05) is 13.1 Å². The van der Waals surface area contributed by atoms with Gasteiger partial charge in [0.1, 0.15) is 0 Å². The first-order valence-corrected chi connectivity index (χ1v) is 8.92. The molecule has 3 unspecified atom stereocenters. The molecule has 0 spiro atoms. The monoisotopic (exact) mass is 284 g/mol. The van der Waals surface area contributed by atoms with Gasteiger partial charge in [-0.3, -0.25) is 4.90 Å². The Labute approximate surface area is 128 Å². The highest BCUT2D eigenvalue weighted by Crippen LogP contribution is 2.42. The van der Waals surface area contributed by atoms with Crippen LogP contribution in [-0.2, 0) is 0 Å². The van der Waals surface area contributed by atoms with Gasteiger partial charge in [0.05, 0.1) is 0 Å². The van der Waals surface area contributed by atoms with Crippen molar-refractivity contribution < 1.29 is 0 Å². The van der Waals surface area contributed by atoms with Gasteiger partial charge in [0.2, 0.25) is 0 Å². The van der Waals surface area contributed by atoms with Gasteiger partial charge in [-0.25, -0.2) is 0 Å². The lowest BCUT2D eigenvalue weighted by atomic mass is 9.89. The number of hydrogen-bond acceptors (Lipinski definition) is 2. The molecule has 2 nitrogen and oxygen atoms in total. The number of nitrogens with two attached hydrogens (primary N) is 1. The normalized spacial score (nSPS) is 31.1. The second kappa shape index (κ2) is 5.73. The van der Waals surface area contributed by atoms with Crippen LogP contribution in [0.25, 0.3) is 0 Å². The van der Waals surface area contributed by atoms with Gasteiger partial charge in [0.25, 0.3) is 0 Å². The van der Waals surface area contributed by atoms with E-state index in [4.69, 9.17) is 5.73 Å². The molecular weight excluding hydrogens is 256 g/mol. The van der Waals surface area contributed by atoms with Gasteiger partial charge in [-0.15, -0.1) is 0 Å². The van der Waals surface area contributed by atoms with Crippen LogP contribution in [-0.4, -0.2) is 24.0 Å². The second-order valence-electron chi connectivity index (χ2n) is 7.33. The summed E-state index contributed by atoms with van der Waals surface area (Å²) in [6.45, 7) is 2.00. The highest BCUT2D eigenvalue weighted by atomic mass is 15.2. The Bertz CT molecular complexity index is 477. The van der Waals surface area contributed by atoms with Crippen LogP contribution in [0.4, 0.5) is 0 Å². The fourth-order valence-corrected chi connectivity index (χ4v) is 4.75. The van der Waals surface area contributed by atoms with E-state index in [0.29, 0.717) is 6.04 Å². The lowest BCUT2D eigenvalue weighted by molar-refractivity contribution is 0.0701. The van der Waals surface area contributed by atoms with Gasteiger partial charge in [0, 0.05) is 18.6 Å². The quantitative estimate of drug-likeness (QED) is 0.910. The standard InChI is InChI=1S/C19H28N2/c20-13-19(17-10-8-15(9-11-17)14-6-7-14)21-12-2-4-16-3-1-5-18(16)21/h8-11,14,16,18-19H,1-7,12-13,20H2. The Morgan fingerprint density at radius 1 is 1.00 bits per heavy atom. The predicted octanol–water partition coefficient (Wildman–Crippen LogP) is 3.83. The van der Waals surface area contributed by atoms with Gasteiger partial charge < -0.3 is 5.73 Å². The number of fused-ring (bicyclic) bond motifs is 1. The third-order valence-electron chi connectivity index (χ3n) is 6.03.